The second kappa shape index (κ2) is 10.4. The van der Waals surface area contributed by atoms with Crippen LogP contribution in [0, 0.1) is 0 Å². The van der Waals surface area contributed by atoms with Crippen LogP contribution in [0.25, 0.3) is 0 Å². The van der Waals surface area contributed by atoms with E-state index in [-0.39, 0.29) is 17.0 Å². The molecule has 1 aromatic carbocycles. The van der Waals surface area contributed by atoms with Gasteiger partial charge in [-0.15, -0.1) is 0 Å². The van der Waals surface area contributed by atoms with E-state index >= 15 is 0 Å². The second-order valence-corrected chi connectivity index (χ2v) is 3.95. The lowest BCUT2D eigenvalue weighted by Gasteiger charge is -1.97. The fourth-order valence-electron chi connectivity index (χ4n) is 1.26. The average molecular weight is 316 g/mol. The van der Waals surface area contributed by atoms with Crippen molar-refractivity contribution in [1.82, 2.24) is 0 Å². The molecule has 0 fully saturated rings. The minimum absolute atomic E-state index is 0.231. The number of ether oxygens (including phenoxy) is 1. The van der Waals surface area contributed by atoms with E-state index in [9.17, 15) is 9.59 Å². The number of phenolic OH excluding ortho intramolecular Hbond substituents is 1. The Labute approximate surface area is 132 Å². The summed E-state index contributed by atoms with van der Waals surface area (Å²) in [4.78, 5) is 20.2. The Balaban J connectivity index is 0.000000175. The Morgan fingerprint density at radius 2 is 1.39 bits per heavy atom. The molecule has 0 unspecified atom stereocenters. The Hall–Kier alpha value is -3.28. The number of hydrogen-bond donors (Lipinski definition) is 1. The minimum atomic E-state index is -0.303. The van der Waals surface area contributed by atoms with E-state index in [1.165, 1.54) is 24.7 Å². The lowest BCUT2D eigenvalue weighted by molar-refractivity contribution is 0.407. The average Bonchev–Trinajstić information content (AvgIpc) is 2.57. The second-order valence-electron chi connectivity index (χ2n) is 3.95. The van der Waals surface area contributed by atoms with Gasteiger partial charge in [-0.1, -0.05) is 18.2 Å². The molecule has 0 aliphatic carbocycles. The van der Waals surface area contributed by atoms with Crippen LogP contribution in [-0.4, -0.2) is 12.2 Å². The first-order valence-electron chi connectivity index (χ1n) is 6.52. The first-order valence-corrected chi connectivity index (χ1v) is 6.52. The highest BCUT2D eigenvalue weighted by Crippen LogP contribution is 2.16. The highest BCUT2D eigenvalue weighted by molar-refractivity contribution is 5.31. The lowest BCUT2D eigenvalue weighted by atomic mass is 10.3. The minimum Gasteiger partial charge on any atom is -0.508 e. The van der Waals surface area contributed by atoms with E-state index < -0.39 is 0 Å². The van der Waals surface area contributed by atoms with E-state index in [0.29, 0.717) is 5.75 Å². The van der Waals surface area contributed by atoms with Crippen LogP contribution in [0.3, 0.4) is 0 Å². The van der Waals surface area contributed by atoms with Gasteiger partial charge in [0.15, 0.2) is 0 Å². The number of methoxy groups -OCH3 is 1. The Morgan fingerprint density at radius 1 is 0.826 bits per heavy atom. The molecule has 2 heterocycles. The maximum Gasteiger partial charge on any atom is 0.335 e. The van der Waals surface area contributed by atoms with E-state index in [0.717, 1.165) is 0 Å². The zero-order valence-corrected chi connectivity index (χ0v) is 12.4. The number of hydrogen-bond acceptors (Lipinski definition) is 6. The van der Waals surface area contributed by atoms with Gasteiger partial charge in [0.2, 0.25) is 0 Å². The Morgan fingerprint density at radius 3 is 1.65 bits per heavy atom. The molecule has 0 spiro atoms. The van der Waals surface area contributed by atoms with Gasteiger partial charge in [-0.05, 0) is 24.3 Å². The number of aromatic hydroxyl groups is 1. The van der Waals surface area contributed by atoms with E-state index in [2.05, 4.69) is 8.83 Å². The van der Waals surface area contributed by atoms with Crippen molar-refractivity contribution in [1.29, 1.82) is 0 Å². The monoisotopic (exact) mass is 316 g/mol. The summed E-state index contributed by atoms with van der Waals surface area (Å²) in [6, 6.07) is 16.0. The molecule has 0 saturated heterocycles. The summed E-state index contributed by atoms with van der Waals surface area (Å²) in [6.07, 6.45) is 2.70. The summed E-state index contributed by atoms with van der Waals surface area (Å²) in [5.41, 5.74) is -0.606. The predicted molar refractivity (Wildman–Crippen MR) is 84.6 cm³/mol. The van der Waals surface area contributed by atoms with Crippen molar-refractivity contribution in [2.75, 3.05) is 7.11 Å². The smallest absolute Gasteiger partial charge is 0.335 e. The molecular weight excluding hydrogens is 300 g/mol. The highest BCUT2D eigenvalue weighted by Gasteiger charge is 1.88. The summed E-state index contributed by atoms with van der Waals surface area (Å²) in [5.74, 6) is 0.907. The SMILES string of the molecule is COc1cccc(O)c1.O=c1cccco1.O=c1cccco1. The number of rotatable bonds is 1. The standard InChI is InChI=1S/C7H8O2.2C5H4O2/c1-9-7-4-2-3-6(8)5-7;2*6-5-3-1-2-4-7-5/h2-5,8H,1H3;2*1-4H. The van der Waals surface area contributed by atoms with E-state index in [4.69, 9.17) is 9.84 Å². The first kappa shape index (κ1) is 17.8. The first-order chi connectivity index (χ1) is 11.1. The number of phenols is 1. The van der Waals surface area contributed by atoms with Crippen molar-refractivity contribution in [3.8, 4) is 11.5 Å². The summed E-state index contributed by atoms with van der Waals surface area (Å²) < 4.78 is 13.6. The van der Waals surface area contributed by atoms with Crippen LogP contribution in [0.2, 0.25) is 0 Å². The van der Waals surface area contributed by atoms with Gasteiger partial charge in [-0.2, -0.15) is 0 Å². The summed E-state index contributed by atoms with van der Waals surface area (Å²) in [5, 5.41) is 8.86. The maximum absolute atomic E-state index is 10.1. The molecule has 6 heteroatoms. The van der Waals surface area contributed by atoms with Gasteiger partial charge in [0.1, 0.15) is 11.5 Å². The zero-order valence-electron chi connectivity index (χ0n) is 12.4. The lowest BCUT2D eigenvalue weighted by Crippen LogP contribution is -1.90. The molecule has 0 amide bonds. The molecule has 0 aliphatic rings. The predicted octanol–water partition coefficient (Wildman–Crippen LogP) is 2.68. The quantitative estimate of drug-likeness (QED) is 0.742. The molecule has 0 saturated carbocycles. The van der Waals surface area contributed by atoms with E-state index in [1.807, 2.05) is 0 Å². The normalized spacial score (nSPS) is 8.74. The maximum atomic E-state index is 10.1. The highest BCUT2D eigenvalue weighted by atomic mass is 16.5. The topological polar surface area (TPSA) is 89.9 Å². The van der Waals surface area contributed by atoms with Crippen LogP contribution in [0.15, 0.2) is 91.6 Å². The number of benzene rings is 1. The van der Waals surface area contributed by atoms with Crippen molar-refractivity contribution >= 4 is 0 Å². The molecule has 120 valence electrons. The molecular formula is C17H16O6. The molecule has 23 heavy (non-hydrogen) atoms. The van der Waals surface area contributed by atoms with E-state index in [1.54, 1.807) is 55.6 Å². The zero-order chi connectivity index (χ0) is 16.9. The molecule has 6 nitrogen and oxygen atoms in total. The molecule has 0 atom stereocenters. The summed E-state index contributed by atoms with van der Waals surface area (Å²) >= 11 is 0. The molecule has 3 aromatic rings. The van der Waals surface area contributed by atoms with Crippen LogP contribution < -0.4 is 16.0 Å². The molecule has 2 aromatic heterocycles. The van der Waals surface area contributed by atoms with Gasteiger partial charge in [0, 0.05) is 18.2 Å². The van der Waals surface area contributed by atoms with Crippen LogP contribution >= 0.6 is 0 Å². The van der Waals surface area contributed by atoms with Crippen molar-refractivity contribution < 1.29 is 18.7 Å². The van der Waals surface area contributed by atoms with Crippen molar-refractivity contribution in [2.24, 2.45) is 0 Å². The molecule has 0 radical (unpaired) electrons. The van der Waals surface area contributed by atoms with Gasteiger partial charge in [0.05, 0.1) is 19.6 Å². The third kappa shape index (κ3) is 8.56. The van der Waals surface area contributed by atoms with Gasteiger partial charge >= 0.3 is 11.3 Å². The largest absolute Gasteiger partial charge is 0.508 e. The van der Waals surface area contributed by atoms with Crippen molar-refractivity contribution in [3.05, 3.63) is 94.0 Å². The third-order valence-corrected chi connectivity index (χ3v) is 2.27. The fraction of sp³-hybridized carbons (Fsp3) is 0.0588. The Kier molecular flexibility index (Phi) is 8.07. The van der Waals surface area contributed by atoms with Crippen molar-refractivity contribution in [2.45, 2.75) is 0 Å². The van der Waals surface area contributed by atoms with Crippen LogP contribution in [0.5, 0.6) is 11.5 Å². The molecule has 0 aliphatic heterocycles. The molecule has 3 rings (SSSR count). The molecule has 1 N–H and O–H groups in total. The Bertz CT molecular complexity index is 710. The summed E-state index contributed by atoms with van der Waals surface area (Å²) in [6.45, 7) is 0. The molecule has 0 bridgehead atoms. The summed E-state index contributed by atoms with van der Waals surface area (Å²) in [7, 11) is 1.56. The van der Waals surface area contributed by atoms with Crippen molar-refractivity contribution in [3.63, 3.8) is 0 Å². The third-order valence-electron chi connectivity index (χ3n) is 2.27. The van der Waals surface area contributed by atoms with Gasteiger partial charge < -0.3 is 18.7 Å². The fourth-order valence-corrected chi connectivity index (χ4v) is 1.26. The van der Waals surface area contributed by atoms with Crippen LogP contribution in [0.1, 0.15) is 0 Å². The van der Waals surface area contributed by atoms with Crippen LogP contribution in [-0.2, 0) is 0 Å². The van der Waals surface area contributed by atoms with Gasteiger partial charge in [-0.3, -0.25) is 0 Å². The van der Waals surface area contributed by atoms with Gasteiger partial charge in [-0.25, -0.2) is 9.59 Å². The van der Waals surface area contributed by atoms with Crippen LogP contribution in [0.4, 0.5) is 0 Å². The van der Waals surface area contributed by atoms with Gasteiger partial charge in [0.25, 0.3) is 0 Å².